The first-order valence-corrected chi connectivity index (χ1v) is 6.56. The van der Waals surface area contributed by atoms with Crippen molar-refractivity contribution in [1.82, 2.24) is 5.32 Å². The lowest BCUT2D eigenvalue weighted by atomic mass is 10.1. The standard InChI is InChI=1S/C12H16BrClN2O/c1-7(5-12(15)17)16-8(2)10-4-3-9(13)6-11(10)14/h3-4,6-8,16H,5H2,1-2H3,(H2,15,17). The number of nitrogens with two attached hydrogens (primary N) is 1. The lowest BCUT2D eigenvalue weighted by Crippen LogP contribution is -2.33. The molecule has 0 aliphatic rings. The molecule has 2 unspecified atom stereocenters. The second-order valence-electron chi connectivity index (χ2n) is 4.13. The summed E-state index contributed by atoms with van der Waals surface area (Å²) in [5.74, 6) is -0.306. The maximum absolute atomic E-state index is 10.8. The van der Waals surface area contributed by atoms with Gasteiger partial charge in [-0.2, -0.15) is 0 Å². The quantitative estimate of drug-likeness (QED) is 0.876. The number of nitrogens with one attached hydrogen (secondary N) is 1. The summed E-state index contributed by atoms with van der Waals surface area (Å²) in [7, 11) is 0. The van der Waals surface area contributed by atoms with Crippen LogP contribution in [0.25, 0.3) is 0 Å². The maximum atomic E-state index is 10.8. The Balaban J connectivity index is 2.69. The predicted octanol–water partition coefficient (Wildman–Crippen LogP) is 3.02. The van der Waals surface area contributed by atoms with Gasteiger partial charge in [-0.1, -0.05) is 33.6 Å². The van der Waals surface area contributed by atoms with Gasteiger partial charge in [-0.3, -0.25) is 4.79 Å². The third-order valence-corrected chi connectivity index (χ3v) is 3.29. The van der Waals surface area contributed by atoms with Crippen LogP contribution < -0.4 is 11.1 Å². The van der Waals surface area contributed by atoms with E-state index in [1.54, 1.807) is 0 Å². The zero-order valence-electron chi connectivity index (χ0n) is 9.84. The van der Waals surface area contributed by atoms with Crippen LogP contribution in [0.15, 0.2) is 22.7 Å². The Labute approximate surface area is 115 Å². The first-order valence-electron chi connectivity index (χ1n) is 5.39. The Hall–Kier alpha value is -0.580. The topological polar surface area (TPSA) is 55.1 Å². The Morgan fingerprint density at radius 1 is 1.53 bits per heavy atom. The lowest BCUT2D eigenvalue weighted by molar-refractivity contribution is -0.118. The first kappa shape index (κ1) is 14.5. The van der Waals surface area contributed by atoms with Gasteiger partial charge in [0, 0.05) is 28.0 Å². The molecule has 2 atom stereocenters. The molecule has 1 rings (SSSR count). The normalized spacial score (nSPS) is 14.4. The molecule has 0 aliphatic heterocycles. The molecule has 0 saturated carbocycles. The van der Waals surface area contributed by atoms with E-state index in [1.165, 1.54) is 0 Å². The first-order chi connectivity index (χ1) is 7.90. The Kier molecular flexibility index (Phi) is 5.43. The molecule has 17 heavy (non-hydrogen) atoms. The van der Waals surface area contributed by atoms with Crippen molar-refractivity contribution in [3.05, 3.63) is 33.3 Å². The highest BCUT2D eigenvalue weighted by Gasteiger charge is 2.13. The average molecular weight is 320 g/mol. The summed E-state index contributed by atoms with van der Waals surface area (Å²) in [6.07, 6.45) is 0.318. The molecular weight excluding hydrogens is 304 g/mol. The minimum atomic E-state index is -0.306. The summed E-state index contributed by atoms with van der Waals surface area (Å²) in [6, 6.07) is 5.86. The van der Waals surface area contributed by atoms with Gasteiger partial charge in [0.25, 0.3) is 0 Å². The van der Waals surface area contributed by atoms with Crippen LogP contribution >= 0.6 is 27.5 Å². The molecule has 0 saturated heterocycles. The van der Waals surface area contributed by atoms with Crippen molar-refractivity contribution in [2.24, 2.45) is 5.73 Å². The summed E-state index contributed by atoms with van der Waals surface area (Å²) >= 11 is 9.51. The molecule has 0 aromatic heterocycles. The molecule has 1 aromatic rings. The summed E-state index contributed by atoms with van der Waals surface area (Å²) in [5.41, 5.74) is 6.15. The fraction of sp³-hybridized carbons (Fsp3) is 0.417. The van der Waals surface area contributed by atoms with Gasteiger partial charge in [-0.15, -0.1) is 0 Å². The van der Waals surface area contributed by atoms with Gasteiger partial charge >= 0.3 is 0 Å². The van der Waals surface area contributed by atoms with Crippen LogP contribution in [-0.2, 0) is 4.79 Å². The van der Waals surface area contributed by atoms with Crippen LogP contribution in [0.5, 0.6) is 0 Å². The summed E-state index contributed by atoms with van der Waals surface area (Å²) in [4.78, 5) is 10.8. The van der Waals surface area contributed by atoms with Crippen molar-refractivity contribution in [3.63, 3.8) is 0 Å². The van der Waals surface area contributed by atoms with E-state index in [2.05, 4.69) is 21.2 Å². The number of benzene rings is 1. The number of carbonyl (C=O) groups excluding carboxylic acids is 1. The second-order valence-corrected chi connectivity index (χ2v) is 5.45. The Morgan fingerprint density at radius 3 is 2.71 bits per heavy atom. The fourth-order valence-corrected chi connectivity index (χ4v) is 2.57. The molecule has 94 valence electrons. The van der Waals surface area contributed by atoms with Crippen LogP contribution in [0.3, 0.4) is 0 Å². The lowest BCUT2D eigenvalue weighted by Gasteiger charge is -2.20. The Morgan fingerprint density at radius 2 is 2.18 bits per heavy atom. The molecule has 1 aromatic carbocycles. The summed E-state index contributed by atoms with van der Waals surface area (Å²) in [5, 5.41) is 3.99. The van der Waals surface area contributed by atoms with Crippen molar-refractivity contribution in [3.8, 4) is 0 Å². The number of carbonyl (C=O) groups is 1. The predicted molar refractivity (Wildman–Crippen MR) is 74.0 cm³/mol. The fourth-order valence-electron chi connectivity index (χ4n) is 1.73. The van der Waals surface area contributed by atoms with Gasteiger partial charge in [-0.25, -0.2) is 0 Å². The average Bonchev–Trinajstić information content (AvgIpc) is 2.15. The van der Waals surface area contributed by atoms with Gasteiger partial charge in [0.15, 0.2) is 0 Å². The van der Waals surface area contributed by atoms with E-state index in [0.29, 0.717) is 11.4 Å². The highest BCUT2D eigenvalue weighted by atomic mass is 79.9. The molecule has 0 radical (unpaired) electrons. The van der Waals surface area contributed by atoms with Crippen LogP contribution in [0, 0.1) is 0 Å². The van der Waals surface area contributed by atoms with Crippen LogP contribution in [0.2, 0.25) is 5.02 Å². The van der Waals surface area contributed by atoms with Crippen LogP contribution in [0.1, 0.15) is 31.9 Å². The van der Waals surface area contributed by atoms with Gasteiger partial charge < -0.3 is 11.1 Å². The largest absolute Gasteiger partial charge is 0.370 e. The van der Waals surface area contributed by atoms with E-state index < -0.39 is 0 Å². The number of amides is 1. The van der Waals surface area contributed by atoms with Crippen molar-refractivity contribution in [1.29, 1.82) is 0 Å². The second kappa shape index (κ2) is 6.38. The third kappa shape index (κ3) is 4.66. The van der Waals surface area contributed by atoms with E-state index in [4.69, 9.17) is 17.3 Å². The number of primary amides is 1. The molecule has 1 amide bonds. The minimum absolute atomic E-state index is 0.0298. The van der Waals surface area contributed by atoms with Gasteiger partial charge in [0.2, 0.25) is 5.91 Å². The third-order valence-electron chi connectivity index (χ3n) is 2.47. The highest BCUT2D eigenvalue weighted by Crippen LogP contribution is 2.26. The number of rotatable bonds is 5. The number of hydrogen-bond donors (Lipinski definition) is 2. The summed E-state index contributed by atoms with van der Waals surface area (Å²) in [6.45, 7) is 3.93. The number of hydrogen-bond acceptors (Lipinski definition) is 2. The zero-order valence-corrected chi connectivity index (χ0v) is 12.2. The van der Waals surface area contributed by atoms with Gasteiger partial charge in [-0.05, 0) is 31.5 Å². The molecule has 0 heterocycles. The van der Waals surface area contributed by atoms with Crippen molar-refractivity contribution < 1.29 is 4.79 Å². The monoisotopic (exact) mass is 318 g/mol. The summed E-state index contributed by atoms with van der Waals surface area (Å²) < 4.78 is 0.948. The van der Waals surface area contributed by atoms with Crippen molar-refractivity contribution >= 4 is 33.4 Å². The van der Waals surface area contributed by atoms with Crippen molar-refractivity contribution in [2.75, 3.05) is 0 Å². The molecule has 0 spiro atoms. The molecule has 5 heteroatoms. The van der Waals surface area contributed by atoms with Crippen LogP contribution in [-0.4, -0.2) is 11.9 Å². The smallest absolute Gasteiger partial charge is 0.218 e. The van der Waals surface area contributed by atoms with Crippen LogP contribution in [0.4, 0.5) is 0 Å². The molecule has 0 bridgehead atoms. The van der Waals surface area contributed by atoms with Crippen molar-refractivity contribution in [2.45, 2.75) is 32.4 Å². The molecule has 0 aliphatic carbocycles. The van der Waals surface area contributed by atoms with Gasteiger partial charge in [0.1, 0.15) is 0 Å². The van der Waals surface area contributed by atoms with Gasteiger partial charge in [0.05, 0.1) is 0 Å². The minimum Gasteiger partial charge on any atom is -0.370 e. The maximum Gasteiger partial charge on any atom is 0.218 e. The van der Waals surface area contributed by atoms with E-state index in [9.17, 15) is 4.79 Å². The molecule has 3 nitrogen and oxygen atoms in total. The molecule has 0 fully saturated rings. The van der Waals surface area contributed by atoms with E-state index in [0.717, 1.165) is 10.0 Å². The van der Waals surface area contributed by atoms with E-state index in [-0.39, 0.29) is 18.0 Å². The van der Waals surface area contributed by atoms with E-state index >= 15 is 0 Å². The Bertz CT molecular complexity index is 411. The number of halogens is 2. The highest BCUT2D eigenvalue weighted by molar-refractivity contribution is 9.10. The molecule has 3 N–H and O–H groups in total. The molecular formula is C12H16BrClN2O. The van der Waals surface area contributed by atoms with E-state index in [1.807, 2.05) is 32.0 Å². The zero-order chi connectivity index (χ0) is 13.0. The SMILES string of the molecule is CC(CC(N)=O)NC(C)c1ccc(Br)cc1Cl.